The van der Waals surface area contributed by atoms with Crippen molar-refractivity contribution in [3.8, 4) is 11.5 Å². The monoisotopic (exact) mass is 293 g/mol. The van der Waals surface area contributed by atoms with Crippen LogP contribution in [0.15, 0.2) is 18.2 Å². The van der Waals surface area contributed by atoms with Crippen LogP contribution < -0.4 is 15.2 Å². The molecule has 0 saturated heterocycles. The minimum absolute atomic E-state index is 0.00148. The first-order valence-corrected chi connectivity index (χ1v) is 6.01. The van der Waals surface area contributed by atoms with Crippen molar-refractivity contribution in [1.29, 1.82) is 0 Å². The molecule has 0 aliphatic carbocycles. The molecular formula is C13H18F3NO3. The Morgan fingerprint density at radius 2 is 1.95 bits per heavy atom. The van der Waals surface area contributed by atoms with Gasteiger partial charge in [-0.1, -0.05) is 6.07 Å². The van der Waals surface area contributed by atoms with Crippen molar-refractivity contribution < 1.29 is 27.4 Å². The summed E-state index contributed by atoms with van der Waals surface area (Å²) in [5.41, 5.74) is 6.65. The number of halogens is 3. The quantitative estimate of drug-likeness (QED) is 0.620. The number of nitrogens with two attached hydrogens (primary N) is 1. The van der Waals surface area contributed by atoms with Gasteiger partial charge in [-0.3, -0.25) is 0 Å². The van der Waals surface area contributed by atoms with E-state index >= 15 is 0 Å². The van der Waals surface area contributed by atoms with Crippen LogP contribution in [0.4, 0.5) is 13.2 Å². The number of hydrogen-bond acceptors (Lipinski definition) is 4. The maximum absolute atomic E-state index is 11.9. The molecule has 20 heavy (non-hydrogen) atoms. The third-order valence-electron chi connectivity index (χ3n) is 2.35. The molecule has 0 fully saturated rings. The van der Waals surface area contributed by atoms with Crippen molar-refractivity contribution in [3.05, 3.63) is 23.8 Å². The second kappa shape index (κ2) is 7.35. The average molecular weight is 293 g/mol. The minimum Gasteiger partial charge on any atom is -0.493 e. The maximum atomic E-state index is 11.9. The van der Waals surface area contributed by atoms with Crippen molar-refractivity contribution in [2.24, 2.45) is 5.73 Å². The summed E-state index contributed by atoms with van der Waals surface area (Å²) in [4.78, 5) is 0. The Morgan fingerprint density at radius 1 is 1.25 bits per heavy atom. The highest BCUT2D eigenvalue weighted by Crippen LogP contribution is 2.28. The van der Waals surface area contributed by atoms with Crippen molar-refractivity contribution in [2.45, 2.75) is 25.6 Å². The van der Waals surface area contributed by atoms with Gasteiger partial charge in [-0.2, -0.15) is 13.2 Å². The van der Waals surface area contributed by atoms with E-state index in [-0.39, 0.29) is 6.04 Å². The van der Waals surface area contributed by atoms with Gasteiger partial charge < -0.3 is 19.9 Å². The zero-order valence-corrected chi connectivity index (χ0v) is 11.4. The van der Waals surface area contributed by atoms with E-state index in [0.29, 0.717) is 17.9 Å². The number of benzene rings is 1. The standard InChI is InChI=1S/C13H18F3NO3/c1-9(17)5-10-3-4-11(12(6-10)18-2)20-8-19-7-13(14,15)16/h3-4,6,9H,5,7-8,17H2,1-2H3. The molecule has 1 aromatic rings. The molecule has 1 aromatic carbocycles. The Balaban J connectivity index is 2.57. The smallest absolute Gasteiger partial charge is 0.411 e. The summed E-state index contributed by atoms with van der Waals surface area (Å²) in [5, 5.41) is 0. The Bertz CT molecular complexity index is 422. The second-order valence-electron chi connectivity index (χ2n) is 4.39. The first kappa shape index (κ1) is 16.6. The molecule has 1 rings (SSSR count). The van der Waals surface area contributed by atoms with E-state index in [1.165, 1.54) is 7.11 Å². The van der Waals surface area contributed by atoms with Crippen LogP contribution in [0.1, 0.15) is 12.5 Å². The van der Waals surface area contributed by atoms with Crippen molar-refractivity contribution in [1.82, 2.24) is 0 Å². The lowest BCUT2D eigenvalue weighted by molar-refractivity contribution is -0.186. The van der Waals surface area contributed by atoms with Crippen LogP contribution in [-0.2, 0) is 11.2 Å². The van der Waals surface area contributed by atoms with E-state index in [0.717, 1.165) is 5.56 Å². The first-order valence-electron chi connectivity index (χ1n) is 6.01. The normalized spacial score (nSPS) is 13.1. The average Bonchev–Trinajstić information content (AvgIpc) is 2.33. The molecule has 0 heterocycles. The predicted octanol–water partition coefficient (Wildman–Crippen LogP) is 2.50. The number of rotatable bonds is 7. The van der Waals surface area contributed by atoms with Gasteiger partial charge in [0.05, 0.1) is 7.11 Å². The van der Waals surface area contributed by atoms with E-state index < -0.39 is 19.6 Å². The highest BCUT2D eigenvalue weighted by atomic mass is 19.4. The Kier molecular flexibility index (Phi) is 6.09. The largest absolute Gasteiger partial charge is 0.493 e. The van der Waals surface area contributed by atoms with Gasteiger partial charge >= 0.3 is 6.18 Å². The highest BCUT2D eigenvalue weighted by molar-refractivity contribution is 5.43. The summed E-state index contributed by atoms with van der Waals surface area (Å²) in [6.45, 7) is 0.0302. The van der Waals surface area contributed by atoms with Gasteiger partial charge in [-0.15, -0.1) is 0 Å². The fourth-order valence-corrected chi connectivity index (χ4v) is 1.59. The molecular weight excluding hydrogens is 275 g/mol. The van der Waals surface area contributed by atoms with Gasteiger partial charge in [0, 0.05) is 6.04 Å². The van der Waals surface area contributed by atoms with E-state index in [9.17, 15) is 13.2 Å². The molecule has 1 atom stereocenters. The number of methoxy groups -OCH3 is 1. The van der Waals surface area contributed by atoms with Gasteiger partial charge in [0.1, 0.15) is 6.61 Å². The molecule has 0 radical (unpaired) electrons. The van der Waals surface area contributed by atoms with Crippen LogP contribution in [0.5, 0.6) is 11.5 Å². The highest BCUT2D eigenvalue weighted by Gasteiger charge is 2.27. The minimum atomic E-state index is -4.37. The van der Waals surface area contributed by atoms with Gasteiger partial charge in [0.15, 0.2) is 18.3 Å². The van der Waals surface area contributed by atoms with Crippen molar-refractivity contribution >= 4 is 0 Å². The van der Waals surface area contributed by atoms with Gasteiger partial charge in [0.25, 0.3) is 0 Å². The summed E-state index contributed by atoms with van der Waals surface area (Å²) < 4.78 is 50.3. The van der Waals surface area contributed by atoms with E-state index in [1.54, 1.807) is 18.2 Å². The fourth-order valence-electron chi connectivity index (χ4n) is 1.59. The molecule has 0 bridgehead atoms. The summed E-state index contributed by atoms with van der Waals surface area (Å²) >= 11 is 0. The molecule has 0 aliphatic rings. The predicted molar refractivity (Wildman–Crippen MR) is 67.8 cm³/mol. The van der Waals surface area contributed by atoms with Crippen LogP contribution in [0.25, 0.3) is 0 Å². The number of hydrogen-bond donors (Lipinski definition) is 1. The lowest BCUT2D eigenvalue weighted by atomic mass is 10.1. The summed E-state index contributed by atoms with van der Waals surface area (Å²) in [7, 11) is 1.45. The summed E-state index contributed by atoms with van der Waals surface area (Å²) in [6, 6.07) is 5.14. The van der Waals surface area contributed by atoms with Gasteiger partial charge in [0.2, 0.25) is 0 Å². The van der Waals surface area contributed by atoms with Crippen LogP contribution in [-0.4, -0.2) is 32.7 Å². The maximum Gasteiger partial charge on any atom is 0.411 e. The van der Waals surface area contributed by atoms with Crippen molar-refractivity contribution in [2.75, 3.05) is 20.5 Å². The molecule has 1 unspecified atom stereocenters. The van der Waals surface area contributed by atoms with E-state index in [4.69, 9.17) is 15.2 Å². The molecule has 0 aromatic heterocycles. The Morgan fingerprint density at radius 3 is 2.50 bits per heavy atom. The Labute approximate surface area is 115 Å². The molecule has 114 valence electrons. The fraction of sp³-hybridized carbons (Fsp3) is 0.538. The van der Waals surface area contributed by atoms with Crippen LogP contribution in [0.2, 0.25) is 0 Å². The zero-order chi connectivity index (χ0) is 15.2. The zero-order valence-electron chi connectivity index (χ0n) is 11.4. The Hall–Kier alpha value is -1.47. The van der Waals surface area contributed by atoms with Gasteiger partial charge in [-0.05, 0) is 31.0 Å². The molecule has 0 aliphatic heterocycles. The van der Waals surface area contributed by atoms with Crippen molar-refractivity contribution in [3.63, 3.8) is 0 Å². The summed E-state index contributed by atoms with van der Waals surface area (Å²) in [5.74, 6) is 0.752. The van der Waals surface area contributed by atoms with Crippen LogP contribution in [0.3, 0.4) is 0 Å². The summed E-state index contributed by atoms with van der Waals surface area (Å²) in [6.07, 6.45) is -3.70. The third-order valence-corrected chi connectivity index (χ3v) is 2.35. The second-order valence-corrected chi connectivity index (χ2v) is 4.39. The molecule has 0 saturated carbocycles. The van der Waals surface area contributed by atoms with E-state index in [2.05, 4.69) is 4.74 Å². The van der Waals surface area contributed by atoms with E-state index in [1.807, 2.05) is 6.92 Å². The first-order chi connectivity index (χ1) is 9.31. The van der Waals surface area contributed by atoms with Gasteiger partial charge in [-0.25, -0.2) is 0 Å². The molecule has 0 spiro atoms. The topological polar surface area (TPSA) is 53.7 Å². The van der Waals surface area contributed by atoms with Crippen LogP contribution >= 0.6 is 0 Å². The SMILES string of the molecule is COc1cc(CC(C)N)ccc1OCOCC(F)(F)F. The molecule has 2 N–H and O–H groups in total. The number of alkyl halides is 3. The molecule has 7 heteroatoms. The lowest BCUT2D eigenvalue weighted by Crippen LogP contribution is -2.19. The molecule has 4 nitrogen and oxygen atoms in total. The number of ether oxygens (including phenoxy) is 3. The molecule has 0 amide bonds. The third kappa shape index (κ3) is 6.12. The van der Waals surface area contributed by atoms with Crippen LogP contribution in [0, 0.1) is 0 Å². The lowest BCUT2D eigenvalue weighted by Gasteiger charge is -2.13.